The fraction of sp³-hybridized carbons (Fsp3) is 0.412. The van der Waals surface area contributed by atoms with Crippen LogP contribution in [0.3, 0.4) is 0 Å². The summed E-state index contributed by atoms with van der Waals surface area (Å²) in [6.45, 7) is 3.92. The van der Waals surface area contributed by atoms with Gasteiger partial charge in [-0.15, -0.1) is 11.8 Å². The highest BCUT2D eigenvalue weighted by Gasteiger charge is 2.06. The molecule has 23 heavy (non-hydrogen) atoms. The molecule has 0 unspecified atom stereocenters. The molecule has 6 heteroatoms. The van der Waals surface area contributed by atoms with Crippen LogP contribution < -0.4 is 5.63 Å². The number of hydrogen-bond donors (Lipinski definition) is 0. The van der Waals surface area contributed by atoms with Gasteiger partial charge in [0.25, 0.3) is 0 Å². The molecule has 0 aliphatic carbocycles. The third-order valence-electron chi connectivity index (χ3n) is 3.12. The van der Waals surface area contributed by atoms with Crippen LogP contribution in [0.15, 0.2) is 38.4 Å². The molecule has 1 heterocycles. The molecule has 0 aliphatic heterocycles. The second kappa shape index (κ2) is 9.45. The van der Waals surface area contributed by atoms with Crippen molar-refractivity contribution in [1.29, 1.82) is 0 Å². The summed E-state index contributed by atoms with van der Waals surface area (Å²) in [7, 11) is 0. The van der Waals surface area contributed by atoms with Gasteiger partial charge in [-0.2, -0.15) is 11.8 Å². The minimum absolute atomic E-state index is 0.262. The molecule has 0 aliphatic rings. The molecule has 1 aromatic carbocycles. The summed E-state index contributed by atoms with van der Waals surface area (Å²) in [4.78, 5) is 23.8. The first-order valence-corrected chi connectivity index (χ1v) is 10.6. The number of fused-ring (bicyclic) bond motifs is 1. The van der Waals surface area contributed by atoms with Crippen LogP contribution in [0, 0.1) is 6.92 Å². The summed E-state index contributed by atoms with van der Waals surface area (Å²) in [5.74, 6) is 3.79. The Kier molecular flexibility index (Phi) is 7.59. The Balaban J connectivity index is 1.84. The van der Waals surface area contributed by atoms with Crippen molar-refractivity contribution in [1.82, 2.24) is 0 Å². The quantitative estimate of drug-likeness (QED) is 0.386. The van der Waals surface area contributed by atoms with Gasteiger partial charge in [-0.05, 0) is 19.1 Å². The van der Waals surface area contributed by atoms with E-state index >= 15 is 0 Å². The summed E-state index contributed by atoms with van der Waals surface area (Å²) in [6.07, 6.45) is 0.605. The maximum absolute atomic E-state index is 11.6. The van der Waals surface area contributed by atoms with Gasteiger partial charge in [-0.25, -0.2) is 4.79 Å². The number of aryl methyl sites for hydroxylation is 1. The predicted octanol–water partition coefficient (Wildman–Crippen LogP) is 4.60. The number of hydrogen-bond acceptors (Lipinski definition) is 6. The highest BCUT2D eigenvalue weighted by atomic mass is 32.2. The van der Waals surface area contributed by atoms with Gasteiger partial charge >= 0.3 is 5.63 Å². The minimum Gasteiger partial charge on any atom is -0.423 e. The molecule has 124 valence electrons. The van der Waals surface area contributed by atoms with E-state index in [-0.39, 0.29) is 10.7 Å². The van der Waals surface area contributed by atoms with Crippen molar-refractivity contribution < 1.29 is 9.21 Å². The van der Waals surface area contributed by atoms with E-state index in [2.05, 4.69) is 6.07 Å². The molecular formula is C17H20O3S3. The fourth-order valence-electron chi connectivity index (χ4n) is 2.00. The van der Waals surface area contributed by atoms with E-state index in [9.17, 15) is 9.59 Å². The zero-order valence-electron chi connectivity index (χ0n) is 13.3. The number of carbonyl (C=O) groups excluding carboxylic acids is 1. The molecular weight excluding hydrogens is 348 g/mol. The molecule has 0 N–H and O–H groups in total. The van der Waals surface area contributed by atoms with Gasteiger partial charge < -0.3 is 4.42 Å². The van der Waals surface area contributed by atoms with Crippen molar-refractivity contribution in [3.8, 4) is 0 Å². The molecule has 0 fully saturated rings. The van der Waals surface area contributed by atoms with Crippen molar-refractivity contribution >= 4 is 51.4 Å². The second-order valence-corrected chi connectivity index (χ2v) is 8.48. The van der Waals surface area contributed by atoms with E-state index in [1.54, 1.807) is 17.8 Å². The Morgan fingerprint density at radius 2 is 1.91 bits per heavy atom. The Bertz CT molecular complexity index is 725. The lowest BCUT2D eigenvalue weighted by Gasteiger charge is -2.06. The van der Waals surface area contributed by atoms with Crippen LogP contribution in [-0.2, 0) is 4.79 Å². The lowest BCUT2D eigenvalue weighted by molar-refractivity contribution is -0.110. The first kappa shape index (κ1) is 18.5. The van der Waals surface area contributed by atoms with Crippen LogP contribution in [0.2, 0.25) is 0 Å². The predicted molar refractivity (Wildman–Crippen MR) is 103 cm³/mol. The number of thioether (sulfide) groups is 3. The van der Waals surface area contributed by atoms with Crippen molar-refractivity contribution in [2.24, 2.45) is 0 Å². The van der Waals surface area contributed by atoms with E-state index in [4.69, 9.17) is 4.42 Å². The van der Waals surface area contributed by atoms with Gasteiger partial charge in [0.05, 0.1) is 0 Å². The maximum Gasteiger partial charge on any atom is 0.337 e. The van der Waals surface area contributed by atoms with Gasteiger partial charge in [0, 0.05) is 45.8 Å². The Morgan fingerprint density at radius 3 is 2.70 bits per heavy atom. The number of carbonyl (C=O) groups is 1. The molecule has 0 saturated carbocycles. The van der Waals surface area contributed by atoms with Crippen molar-refractivity contribution in [3.63, 3.8) is 0 Å². The van der Waals surface area contributed by atoms with Crippen LogP contribution >= 0.6 is 35.3 Å². The molecule has 1 aromatic heterocycles. The Morgan fingerprint density at radius 1 is 1.13 bits per heavy atom. The monoisotopic (exact) mass is 368 g/mol. The largest absolute Gasteiger partial charge is 0.423 e. The summed E-state index contributed by atoms with van der Waals surface area (Å²) in [5.41, 5.74) is 1.50. The topological polar surface area (TPSA) is 47.3 Å². The lowest BCUT2D eigenvalue weighted by Crippen LogP contribution is -1.98. The first-order chi connectivity index (χ1) is 11.1. The smallest absolute Gasteiger partial charge is 0.337 e. The molecule has 0 bridgehead atoms. The van der Waals surface area contributed by atoms with E-state index in [0.29, 0.717) is 12.0 Å². The fourth-order valence-corrected chi connectivity index (χ4v) is 4.96. The van der Waals surface area contributed by atoms with Gasteiger partial charge in [0.2, 0.25) is 0 Å². The third kappa shape index (κ3) is 5.94. The Hall–Kier alpha value is -0.850. The van der Waals surface area contributed by atoms with Gasteiger partial charge in [0.1, 0.15) is 5.58 Å². The molecule has 0 atom stereocenters. The molecule has 0 spiro atoms. The SMILES string of the molecule is CCC(=O)SCCSCCSc1cc(=O)oc2ccc(C)cc12. The molecule has 2 aromatic rings. The highest BCUT2D eigenvalue weighted by molar-refractivity contribution is 8.14. The van der Waals surface area contributed by atoms with Crippen molar-refractivity contribution in [2.75, 3.05) is 23.0 Å². The van der Waals surface area contributed by atoms with Crippen LogP contribution in [0.1, 0.15) is 18.9 Å². The van der Waals surface area contributed by atoms with Gasteiger partial charge in [-0.1, -0.05) is 30.3 Å². The zero-order chi connectivity index (χ0) is 16.7. The molecule has 0 radical (unpaired) electrons. The number of benzene rings is 1. The van der Waals surface area contributed by atoms with Crippen LogP contribution in [0.25, 0.3) is 11.0 Å². The van der Waals surface area contributed by atoms with Crippen LogP contribution in [0.4, 0.5) is 0 Å². The summed E-state index contributed by atoms with van der Waals surface area (Å²) >= 11 is 4.95. The van der Waals surface area contributed by atoms with Gasteiger partial charge in [-0.3, -0.25) is 4.79 Å². The summed E-state index contributed by atoms with van der Waals surface area (Å²) in [6, 6.07) is 7.44. The first-order valence-electron chi connectivity index (χ1n) is 7.51. The van der Waals surface area contributed by atoms with Crippen molar-refractivity contribution in [3.05, 3.63) is 40.2 Å². The number of rotatable bonds is 8. The standard InChI is InChI=1S/C17H20O3S3/c1-3-17(19)23-9-7-21-6-8-22-15-11-16(18)20-14-5-4-12(2)10-13(14)15/h4-5,10-11H,3,6-9H2,1-2H3. The summed E-state index contributed by atoms with van der Waals surface area (Å²) < 4.78 is 5.24. The van der Waals surface area contributed by atoms with Crippen LogP contribution in [-0.4, -0.2) is 28.1 Å². The van der Waals surface area contributed by atoms with E-state index < -0.39 is 0 Å². The lowest BCUT2D eigenvalue weighted by atomic mass is 10.2. The molecule has 2 rings (SSSR count). The maximum atomic E-state index is 11.6. The zero-order valence-corrected chi connectivity index (χ0v) is 15.7. The van der Waals surface area contributed by atoms with Crippen LogP contribution in [0.5, 0.6) is 0 Å². The molecule has 3 nitrogen and oxygen atoms in total. The normalized spacial score (nSPS) is 11.0. The highest BCUT2D eigenvalue weighted by Crippen LogP contribution is 2.27. The van der Waals surface area contributed by atoms with Gasteiger partial charge in [0.15, 0.2) is 5.12 Å². The van der Waals surface area contributed by atoms with E-state index in [1.165, 1.54) is 11.8 Å². The van der Waals surface area contributed by atoms with Crippen molar-refractivity contribution in [2.45, 2.75) is 25.2 Å². The average molecular weight is 369 g/mol. The third-order valence-corrected chi connectivity index (χ3v) is 6.70. The second-order valence-electron chi connectivity index (χ2n) is 4.96. The molecule has 0 saturated heterocycles. The van der Waals surface area contributed by atoms with E-state index in [1.807, 2.05) is 37.7 Å². The Labute approximate surface area is 149 Å². The minimum atomic E-state index is -0.300. The summed E-state index contributed by atoms with van der Waals surface area (Å²) in [5, 5.41) is 1.27. The van der Waals surface area contributed by atoms with E-state index in [0.717, 1.165) is 38.9 Å². The molecule has 0 amide bonds. The average Bonchev–Trinajstić information content (AvgIpc) is 2.54.